The number of pyridine rings is 2. The molecule has 1 saturated heterocycles. The minimum absolute atomic E-state index is 0.0172. The number of ether oxygens (including phenoxy) is 2. The molecule has 0 radical (unpaired) electrons. The number of piperazine rings is 1. The van der Waals surface area contributed by atoms with Crippen LogP contribution in [-0.2, 0) is 27.4 Å². The predicted molar refractivity (Wildman–Crippen MR) is 190 cm³/mol. The van der Waals surface area contributed by atoms with Crippen molar-refractivity contribution in [3.05, 3.63) is 83.7 Å². The smallest absolute Gasteiger partial charge is 0.246 e. The molecule has 2 amide bonds. The topological polar surface area (TPSA) is 106 Å². The van der Waals surface area contributed by atoms with Gasteiger partial charge in [-0.15, -0.1) is 11.3 Å². The summed E-state index contributed by atoms with van der Waals surface area (Å²) in [5.74, 6) is -1.67. The van der Waals surface area contributed by atoms with Gasteiger partial charge in [0.1, 0.15) is 35.4 Å². The zero-order chi connectivity index (χ0) is 35.8. The first kappa shape index (κ1) is 34.4. The van der Waals surface area contributed by atoms with Crippen molar-refractivity contribution in [3.63, 3.8) is 0 Å². The maximum atomic E-state index is 16.1. The first-order valence-corrected chi connectivity index (χ1v) is 17.5. The second-order valence-electron chi connectivity index (χ2n) is 12.6. The third-order valence-electron chi connectivity index (χ3n) is 9.40. The lowest BCUT2D eigenvalue weighted by molar-refractivity contribution is -0.134. The number of carbonyl (C=O) groups is 2. The lowest BCUT2D eigenvalue weighted by Gasteiger charge is -2.33. The van der Waals surface area contributed by atoms with Crippen molar-refractivity contribution in [2.45, 2.75) is 26.1 Å². The van der Waals surface area contributed by atoms with Crippen LogP contribution in [0.2, 0.25) is 0 Å². The van der Waals surface area contributed by atoms with E-state index in [0.717, 1.165) is 34.9 Å². The van der Waals surface area contributed by atoms with E-state index in [4.69, 9.17) is 24.5 Å². The second-order valence-corrected chi connectivity index (χ2v) is 13.5. The molecule has 0 spiro atoms. The van der Waals surface area contributed by atoms with Crippen LogP contribution in [0.5, 0.6) is 5.75 Å². The molecule has 2 aliphatic heterocycles. The summed E-state index contributed by atoms with van der Waals surface area (Å²) in [6.07, 6.45) is 3.05. The van der Waals surface area contributed by atoms with Crippen LogP contribution in [0.4, 0.5) is 8.78 Å². The van der Waals surface area contributed by atoms with E-state index < -0.39 is 11.6 Å². The van der Waals surface area contributed by atoms with Gasteiger partial charge in [-0.1, -0.05) is 6.58 Å². The molecule has 0 aliphatic carbocycles. The Hall–Kier alpha value is -5.05. The van der Waals surface area contributed by atoms with Gasteiger partial charge in [0.05, 0.1) is 48.4 Å². The minimum atomic E-state index is -0.804. The molecule has 1 atom stereocenters. The number of likely N-dealkylation sites (N-methyl/N-ethyl adjacent to an activating group) is 1. The van der Waals surface area contributed by atoms with Crippen molar-refractivity contribution >= 4 is 33.2 Å². The van der Waals surface area contributed by atoms with Crippen molar-refractivity contribution in [2.75, 3.05) is 53.6 Å². The standard InChI is InChI=1S/C37H37F2N7O4S/c1-5-31(47)45-11-12-46-29(22(45)2)18-28(42-46)36-34(33-27(39)16-24(38)17-30(33)50-14-13-49-4)37-26(8-15-51-37)35(41-36)23-6-7-25(40-19-23)20-44-10-9-43(3)32(48)21-44/h5-8,15-19,22H,1,9-14,20-21H2,2-4H3/t22-/m1/s1. The van der Waals surface area contributed by atoms with E-state index in [1.54, 1.807) is 16.0 Å². The summed E-state index contributed by atoms with van der Waals surface area (Å²) >= 11 is 1.40. The fourth-order valence-corrected chi connectivity index (χ4v) is 7.62. The van der Waals surface area contributed by atoms with E-state index in [0.29, 0.717) is 60.1 Å². The maximum Gasteiger partial charge on any atom is 0.246 e. The zero-order valence-electron chi connectivity index (χ0n) is 28.6. The number of nitrogens with zero attached hydrogens (tertiary/aromatic N) is 7. The third-order valence-corrected chi connectivity index (χ3v) is 10.3. The molecule has 2 aliphatic rings. The van der Waals surface area contributed by atoms with Crippen LogP contribution in [0.25, 0.3) is 43.9 Å². The Morgan fingerprint density at radius 1 is 1.08 bits per heavy atom. The van der Waals surface area contributed by atoms with Crippen LogP contribution in [0.1, 0.15) is 24.4 Å². The average Bonchev–Trinajstić information content (AvgIpc) is 3.79. The summed E-state index contributed by atoms with van der Waals surface area (Å²) in [6.45, 7) is 9.05. The molecule has 0 saturated carbocycles. The molecule has 0 N–H and O–H groups in total. The molecule has 11 nitrogen and oxygen atoms in total. The molecule has 6 heterocycles. The quantitative estimate of drug-likeness (QED) is 0.137. The van der Waals surface area contributed by atoms with E-state index in [-0.39, 0.29) is 42.4 Å². The highest BCUT2D eigenvalue weighted by molar-refractivity contribution is 7.18. The molecule has 0 bridgehead atoms. The molecule has 5 aromatic rings. The van der Waals surface area contributed by atoms with Crippen LogP contribution in [0, 0.1) is 11.6 Å². The Bertz CT molecular complexity index is 2130. The van der Waals surface area contributed by atoms with Gasteiger partial charge in [0.25, 0.3) is 0 Å². The lowest BCUT2D eigenvalue weighted by atomic mass is 9.96. The number of carbonyl (C=O) groups excluding carboxylic acids is 2. The number of rotatable bonds is 10. The van der Waals surface area contributed by atoms with Crippen molar-refractivity contribution in [3.8, 4) is 39.5 Å². The van der Waals surface area contributed by atoms with E-state index in [2.05, 4.69) is 11.5 Å². The second kappa shape index (κ2) is 14.3. The Labute approximate surface area is 297 Å². The fourth-order valence-electron chi connectivity index (χ4n) is 6.67. The van der Waals surface area contributed by atoms with Crippen LogP contribution in [-0.4, -0.2) is 99.8 Å². The first-order valence-electron chi connectivity index (χ1n) is 16.6. The normalized spacial score (nSPS) is 16.5. The summed E-state index contributed by atoms with van der Waals surface area (Å²) in [5, 5.41) is 7.59. The highest BCUT2D eigenvalue weighted by Gasteiger charge is 2.31. The third kappa shape index (κ3) is 6.62. The van der Waals surface area contributed by atoms with Gasteiger partial charge in [0, 0.05) is 79.9 Å². The first-order chi connectivity index (χ1) is 24.7. The zero-order valence-corrected chi connectivity index (χ0v) is 29.4. The number of benzene rings is 1. The van der Waals surface area contributed by atoms with Gasteiger partial charge in [0.2, 0.25) is 11.8 Å². The molecule has 1 aromatic carbocycles. The van der Waals surface area contributed by atoms with Gasteiger partial charge in [-0.2, -0.15) is 5.10 Å². The fraction of sp³-hybridized carbons (Fsp3) is 0.324. The summed E-state index contributed by atoms with van der Waals surface area (Å²) in [4.78, 5) is 40.3. The highest BCUT2D eigenvalue weighted by atomic mass is 32.1. The SMILES string of the molecule is C=CC(=O)N1CCn2nc(-c3nc(-c4ccc(CN5CCN(C)C(=O)C5)nc4)c4ccsc4c3-c3c(F)cc(F)cc3OCCOC)cc2[C@H]1C. The molecule has 51 heavy (non-hydrogen) atoms. The average molecular weight is 714 g/mol. The van der Waals surface area contributed by atoms with Gasteiger partial charge in [-0.05, 0) is 42.6 Å². The van der Waals surface area contributed by atoms with Gasteiger partial charge in [-0.3, -0.25) is 24.2 Å². The largest absolute Gasteiger partial charge is 0.490 e. The monoisotopic (exact) mass is 713 g/mol. The molecular formula is C37H37F2N7O4S. The molecule has 4 aromatic heterocycles. The van der Waals surface area contributed by atoms with E-state index >= 15 is 4.39 Å². The van der Waals surface area contributed by atoms with E-state index in [1.165, 1.54) is 30.6 Å². The van der Waals surface area contributed by atoms with Gasteiger partial charge in [-0.25, -0.2) is 13.8 Å². The van der Waals surface area contributed by atoms with Crippen molar-refractivity contribution in [1.82, 2.24) is 34.4 Å². The molecule has 0 unspecified atom stereocenters. The van der Waals surface area contributed by atoms with Gasteiger partial charge in [0.15, 0.2) is 0 Å². The molecule has 264 valence electrons. The predicted octanol–water partition coefficient (Wildman–Crippen LogP) is 5.56. The van der Waals surface area contributed by atoms with Crippen LogP contribution in [0.15, 0.2) is 60.6 Å². The summed E-state index contributed by atoms with van der Waals surface area (Å²) in [7, 11) is 3.33. The molecule has 14 heteroatoms. The number of aromatic nitrogens is 4. The number of methoxy groups -OCH3 is 1. The maximum absolute atomic E-state index is 16.1. The van der Waals surface area contributed by atoms with Crippen LogP contribution < -0.4 is 4.74 Å². The van der Waals surface area contributed by atoms with Crippen molar-refractivity contribution in [1.29, 1.82) is 0 Å². The Balaban J connectivity index is 1.38. The van der Waals surface area contributed by atoms with Gasteiger partial charge >= 0.3 is 0 Å². The number of hydrogen-bond donors (Lipinski definition) is 0. The summed E-state index contributed by atoms with van der Waals surface area (Å²) in [5.41, 5.74) is 4.27. The molecular weight excluding hydrogens is 677 g/mol. The Kier molecular flexibility index (Phi) is 9.64. The van der Waals surface area contributed by atoms with Crippen LogP contribution in [0.3, 0.4) is 0 Å². The molecule has 7 rings (SSSR count). The summed E-state index contributed by atoms with van der Waals surface area (Å²) in [6, 6.07) is 9.36. The summed E-state index contributed by atoms with van der Waals surface area (Å²) < 4.78 is 44.4. The van der Waals surface area contributed by atoms with Crippen molar-refractivity contribution in [2.24, 2.45) is 0 Å². The van der Waals surface area contributed by atoms with Gasteiger partial charge < -0.3 is 19.3 Å². The Morgan fingerprint density at radius 2 is 1.92 bits per heavy atom. The lowest BCUT2D eigenvalue weighted by Crippen LogP contribution is -2.48. The van der Waals surface area contributed by atoms with Crippen LogP contribution >= 0.6 is 11.3 Å². The number of amides is 2. The minimum Gasteiger partial charge on any atom is -0.490 e. The van der Waals surface area contributed by atoms with E-state index in [9.17, 15) is 14.0 Å². The number of fused-ring (bicyclic) bond motifs is 2. The highest BCUT2D eigenvalue weighted by Crippen LogP contribution is 2.47. The van der Waals surface area contributed by atoms with Crippen molar-refractivity contribution < 1.29 is 27.8 Å². The number of thiophene rings is 1. The number of hydrogen-bond acceptors (Lipinski definition) is 9. The molecule has 1 fully saturated rings. The van der Waals surface area contributed by atoms with E-state index in [1.807, 2.05) is 48.3 Å². The Morgan fingerprint density at radius 3 is 2.67 bits per heavy atom. The number of halogens is 2.